The monoisotopic (exact) mass is 293 g/mol. The van der Waals surface area contributed by atoms with Gasteiger partial charge in [-0.2, -0.15) is 0 Å². The molecule has 20 heavy (non-hydrogen) atoms. The lowest BCUT2D eigenvalue weighted by Crippen LogP contribution is -2.15. The van der Waals surface area contributed by atoms with E-state index in [9.17, 15) is 4.39 Å². The van der Waals surface area contributed by atoms with Gasteiger partial charge in [-0.25, -0.2) is 4.39 Å². The van der Waals surface area contributed by atoms with E-state index < -0.39 is 0 Å². The maximum Gasteiger partial charge on any atom is 0.163 e. The predicted octanol–water partition coefficient (Wildman–Crippen LogP) is 3.86. The first-order chi connectivity index (χ1) is 9.74. The first kappa shape index (κ1) is 13.1. The van der Waals surface area contributed by atoms with Crippen LogP contribution in [0.5, 0.6) is 11.5 Å². The van der Waals surface area contributed by atoms with Gasteiger partial charge in [-0.1, -0.05) is 17.7 Å². The molecule has 0 fully saturated rings. The third-order valence-corrected chi connectivity index (χ3v) is 3.43. The number of hydrogen-bond donors (Lipinski definition) is 1. The molecule has 2 aromatic carbocycles. The van der Waals surface area contributed by atoms with E-state index in [2.05, 4.69) is 5.32 Å². The molecule has 0 aromatic heterocycles. The number of rotatable bonds is 3. The number of fused-ring (bicyclic) bond motifs is 1. The highest BCUT2D eigenvalue weighted by atomic mass is 35.5. The fraction of sp³-hybridized carbons (Fsp3) is 0.200. The molecule has 0 spiro atoms. The van der Waals surface area contributed by atoms with Gasteiger partial charge in [0.2, 0.25) is 0 Å². The molecule has 0 saturated heterocycles. The highest BCUT2D eigenvalue weighted by Gasteiger charge is 2.12. The predicted molar refractivity (Wildman–Crippen MR) is 76.2 cm³/mol. The number of halogens is 2. The lowest BCUT2D eigenvalue weighted by molar-refractivity contribution is 0.171. The molecule has 0 unspecified atom stereocenters. The number of anilines is 1. The van der Waals surface area contributed by atoms with Crippen LogP contribution in [0.1, 0.15) is 5.56 Å². The van der Waals surface area contributed by atoms with Crippen LogP contribution in [0, 0.1) is 5.82 Å². The van der Waals surface area contributed by atoms with Crippen LogP contribution >= 0.6 is 11.6 Å². The van der Waals surface area contributed by atoms with E-state index in [-0.39, 0.29) is 5.82 Å². The highest BCUT2D eigenvalue weighted by Crippen LogP contribution is 2.33. The van der Waals surface area contributed by atoms with Crippen LogP contribution in [0.2, 0.25) is 5.02 Å². The van der Waals surface area contributed by atoms with E-state index in [0.29, 0.717) is 36.1 Å². The molecule has 1 aliphatic heterocycles. The summed E-state index contributed by atoms with van der Waals surface area (Å²) in [6.07, 6.45) is 0. The smallest absolute Gasteiger partial charge is 0.163 e. The lowest BCUT2D eigenvalue weighted by Gasteiger charge is -2.19. The molecule has 3 nitrogen and oxygen atoms in total. The van der Waals surface area contributed by atoms with Crippen LogP contribution in [0.3, 0.4) is 0 Å². The molecule has 1 aliphatic rings. The largest absolute Gasteiger partial charge is 0.486 e. The van der Waals surface area contributed by atoms with E-state index in [1.165, 1.54) is 6.07 Å². The average molecular weight is 294 g/mol. The van der Waals surface area contributed by atoms with Gasteiger partial charge >= 0.3 is 0 Å². The summed E-state index contributed by atoms with van der Waals surface area (Å²) in [6, 6.07) is 10.2. The zero-order chi connectivity index (χ0) is 13.9. The number of nitrogens with one attached hydrogen (secondary N) is 1. The van der Waals surface area contributed by atoms with Gasteiger partial charge in [-0.05, 0) is 24.3 Å². The van der Waals surface area contributed by atoms with Crippen LogP contribution in [-0.4, -0.2) is 13.2 Å². The fourth-order valence-electron chi connectivity index (χ4n) is 2.04. The quantitative estimate of drug-likeness (QED) is 0.932. The minimum atomic E-state index is -0.317. The third kappa shape index (κ3) is 2.65. The number of hydrogen-bond acceptors (Lipinski definition) is 3. The Bertz CT molecular complexity index is 613. The molecular weight excluding hydrogens is 281 g/mol. The van der Waals surface area contributed by atoms with Gasteiger partial charge in [0.1, 0.15) is 19.0 Å². The van der Waals surface area contributed by atoms with E-state index >= 15 is 0 Å². The summed E-state index contributed by atoms with van der Waals surface area (Å²) in [7, 11) is 0. The second-order valence-corrected chi connectivity index (χ2v) is 4.82. The first-order valence-electron chi connectivity index (χ1n) is 6.30. The Balaban J connectivity index is 1.75. The van der Waals surface area contributed by atoms with Crippen molar-refractivity contribution < 1.29 is 13.9 Å². The normalized spacial score (nSPS) is 13.1. The highest BCUT2D eigenvalue weighted by molar-refractivity contribution is 6.31. The van der Waals surface area contributed by atoms with Crippen LogP contribution in [0.15, 0.2) is 36.4 Å². The van der Waals surface area contributed by atoms with Crippen molar-refractivity contribution in [1.29, 1.82) is 0 Å². The zero-order valence-corrected chi connectivity index (χ0v) is 11.4. The molecule has 3 rings (SSSR count). The molecule has 1 N–H and O–H groups in total. The Morgan fingerprint density at radius 2 is 1.90 bits per heavy atom. The van der Waals surface area contributed by atoms with Crippen LogP contribution in [0.25, 0.3) is 0 Å². The lowest BCUT2D eigenvalue weighted by atomic mass is 10.2. The van der Waals surface area contributed by atoms with Gasteiger partial charge in [0.15, 0.2) is 11.5 Å². The fourth-order valence-corrected chi connectivity index (χ4v) is 2.27. The van der Waals surface area contributed by atoms with Crippen molar-refractivity contribution in [2.24, 2.45) is 0 Å². The average Bonchev–Trinajstić information content (AvgIpc) is 2.46. The van der Waals surface area contributed by atoms with Crippen molar-refractivity contribution in [3.05, 3.63) is 52.8 Å². The van der Waals surface area contributed by atoms with Crippen molar-refractivity contribution in [2.45, 2.75) is 6.54 Å². The Labute approximate surface area is 121 Å². The SMILES string of the molecule is Fc1cccc(Cl)c1CNc1ccc2c(c1)OCCO2. The molecule has 0 amide bonds. The second kappa shape index (κ2) is 5.59. The third-order valence-electron chi connectivity index (χ3n) is 3.07. The van der Waals surface area contributed by atoms with E-state index in [1.54, 1.807) is 12.1 Å². The van der Waals surface area contributed by atoms with Crippen molar-refractivity contribution in [2.75, 3.05) is 18.5 Å². The van der Waals surface area contributed by atoms with Crippen molar-refractivity contribution in [3.63, 3.8) is 0 Å². The minimum absolute atomic E-state index is 0.311. The number of ether oxygens (including phenoxy) is 2. The molecule has 2 aromatic rings. The standard InChI is InChI=1S/C15H13ClFNO2/c16-12-2-1-3-13(17)11(12)9-18-10-4-5-14-15(8-10)20-7-6-19-14/h1-5,8,18H,6-7,9H2. The topological polar surface area (TPSA) is 30.5 Å². The summed E-state index contributed by atoms with van der Waals surface area (Å²) in [6.45, 7) is 1.41. The Morgan fingerprint density at radius 3 is 2.70 bits per heavy atom. The van der Waals surface area contributed by atoms with Gasteiger partial charge in [0.05, 0.1) is 0 Å². The molecule has 0 aliphatic carbocycles. The Morgan fingerprint density at radius 1 is 1.10 bits per heavy atom. The first-order valence-corrected chi connectivity index (χ1v) is 6.68. The maximum atomic E-state index is 13.7. The van der Waals surface area contributed by atoms with Gasteiger partial charge < -0.3 is 14.8 Å². The molecule has 104 valence electrons. The molecule has 1 heterocycles. The minimum Gasteiger partial charge on any atom is -0.486 e. The molecule has 0 radical (unpaired) electrons. The summed E-state index contributed by atoms with van der Waals surface area (Å²) in [4.78, 5) is 0. The van der Waals surface area contributed by atoms with E-state index in [1.807, 2.05) is 18.2 Å². The summed E-state index contributed by atoms with van der Waals surface area (Å²) >= 11 is 5.99. The van der Waals surface area contributed by atoms with Crippen molar-refractivity contribution >= 4 is 17.3 Å². The van der Waals surface area contributed by atoms with Gasteiger partial charge in [-0.15, -0.1) is 0 Å². The van der Waals surface area contributed by atoms with Crippen LogP contribution < -0.4 is 14.8 Å². The van der Waals surface area contributed by atoms with Gasteiger partial charge in [0, 0.05) is 28.9 Å². The number of benzene rings is 2. The van der Waals surface area contributed by atoms with Crippen LogP contribution in [-0.2, 0) is 6.54 Å². The van der Waals surface area contributed by atoms with Crippen molar-refractivity contribution in [3.8, 4) is 11.5 Å². The second-order valence-electron chi connectivity index (χ2n) is 4.41. The maximum absolute atomic E-state index is 13.7. The molecule has 5 heteroatoms. The molecule has 0 saturated carbocycles. The molecular formula is C15H13ClFNO2. The molecule has 0 bridgehead atoms. The van der Waals surface area contributed by atoms with Gasteiger partial charge in [-0.3, -0.25) is 0 Å². The van der Waals surface area contributed by atoms with E-state index in [0.717, 1.165) is 11.4 Å². The van der Waals surface area contributed by atoms with Crippen molar-refractivity contribution in [1.82, 2.24) is 0 Å². The van der Waals surface area contributed by atoms with E-state index in [4.69, 9.17) is 21.1 Å². The summed E-state index contributed by atoms with van der Waals surface area (Å²) in [5, 5.41) is 3.54. The van der Waals surface area contributed by atoms with Crippen LogP contribution in [0.4, 0.5) is 10.1 Å². The summed E-state index contributed by atoms with van der Waals surface area (Å²) < 4.78 is 24.6. The molecule has 0 atom stereocenters. The zero-order valence-electron chi connectivity index (χ0n) is 10.7. The summed E-state index contributed by atoms with van der Waals surface area (Å²) in [5.74, 6) is 1.11. The Hall–Kier alpha value is -1.94. The Kier molecular flexibility index (Phi) is 3.65. The summed E-state index contributed by atoms with van der Waals surface area (Å²) in [5.41, 5.74) is 1.28. The van der Waals surface area contributed by atoms with Gasteiger partial charge in [0.25, 0.3) is 0 Å².